The number of nitrogens with one attached hydrogen (secondary N) is 1. The van der Waals surface area contributed by atoms with Crippen LogP contribution in [-0.4, -0.2) is 124 Å². The minimum atomic E-state index is -1.68. The first kappa shape index (κ1) is 22.6. The van der Waals surface area contributed by atoms with Gasteiger partial charge in [-0.15, -0.1) is 4.48 Å². The molecule has 0 aromatic heterocycles. The molecule has 0 aliphatic carbocycles. The number of carbonyl (C=O) groups excluding carboxylic acids is 2. The number of ether oxygens (including phenoxy) is 3. The lowest BCUT2D eigenvalue weighted by Gasteiger charge is -2.42. The molecule has 3 aliphatic heterocycles. The van der Waals surface area contributed by atoms with E-state index >= 15 is 0 Å². The maximum absolute atomic E-state index is 13.2. The predicted octanol–water partition coefficient (Wildman–Crippen LogP) is -4.01. The molecule has 14 heteroatoms. The van der Waals surface area contributed by atoms with Crippen molar-refractivity contribution < 1.29 is 53.8 Å². The summed E-state index contributed by atoms with van der Waals surface area (Å²) in [5, 5.41) is 53.0. The Kier molecular flexibility index (Phi) is 6.49. The first-order valence-corrected chi connectivity index (χ1v) is 9.17. The monoisotopic (exact) mass is 433 g/mol. The fraction of sp³-hybridized carbons (Fsp3) is 0.750. The molecular formula is C16H25N4O10+. The minimum Gasteiger partial charge on any atom is -0.457 e. The molecule has 9 atom stereocenters. The van der Waals surface area contributed by atoms with Gasteiger partial charge in [-0.1, -0.05) is 0 Å². The Morgan fingerprint density at radius 1 is 1.17 bits per heavy atom. The number of aliphatic hydroxyl groups is 5. The summed E-state index contributed by atoms with van der Waals surface area (Å²) in [6.45, 7) is -0.204. The molecule has 3 aliphatic rings. The molecule has 0 bridgehead atoms. The van der Waals surface area contributed by atoms with Gasteiger partial charge in [-0.25, -0.2) is 10.1 Å². The molecular weight excluding hydrogens is 408 g/mol. The molecule has 0 spiro atoms. The Bertz CT molecular complexity index is 748. The number of hydrogen-bond donors (Lipinski definition) is 6. The maximum atomic E-state index is 13.2. The van der Waals surface area contributed by atoms with Gasteiger partial charge in [0.05, 0.1) is 13.2 Å². The number of urea groups is 1. The molecule has 30 heavy (non-hydrogen) atoms. The van der Waals surface area contributed by atoms with Crippen molar-refractivity contribution in [3.8, 4) is 0 Å². The van der Waals surface area contributed by atoms with Crippen LogP contribution in [0.2, 0.25) is 0 Å². The number of aliphatic imine (C=N–C) groups is 2. The van der Waals surface area contributed by atoms with Crippen LogP contribution >= 0.6 is 0 Å². The summed E-state index contributed by atoms with van der Waals surface area (Å²) in [5.41, 5.74) is 0. The van der Waals surface area contributed by atoms with Crippen LogP contribution in [-0.2, 0) is 19.0 Å². The molecule has 2 amide bonds. The highest BCUT2D eigenvalue weighted by Crippen LogP contribution is 2.38. The molecule has 0 saturated carbocycles. The molecule has 0 radical (unpaired) electrons. The number of nitrogens with zero attached hydrogens (tertiary/aromatic N) is 3. The Balaban J connectivity index is 2.08. The zero-order valence-corrected chi connectivity index (χ0v) is 16.2. The molecule has 0 aromatic carbocycles. The van der Waals surface area contributed by atoms with Gasteiger partial charge < -0.3 is 39.7 Å². The van der Waals surface area contributed by atoms with Crippen molar-refractivity contribution >= 4 is 24.3 Å². The summed E-state index contributed by atoms with van der Waals surface area (Å²) in [6, 6.07) is -0.885. The van der Waals surface area contributed by atoms with E-state index in [2.05, 4.69) is 15.3 Å². The molecule has 3 rings (SSSR count). The van der Waals surface area contributed by atoms with Gasteiger partial charge in [0.1, 0.15) is 18.3 Å². The van der Waals surface area contributed by atoms with E-state index in [-0.39, 0.29) is 5.96 Å². The number of guanidine groups is 1. The lowest BCUT2D eigenvalue weighted by atomic mass is 10.1. The van der Waals surface area contributed by atoms with Crippen LogP contribution in [0.15, 0.2) is 9.98 Å². The third kappa shape index (κ3) is 3.50. The summed E-state index contributed by atoms with van der Waals surface area (Å²) in [5.74, 6) is -0.818. The Labute approximate surface area is 170 Å². The third-order valence-corrected chi connectivity index (χ3v) is 5.30. The van der Waals surface area contributed by atoms with Crippen molar-refractivity contribution in [2.45, 2.75) is 56.0 Å². The highest BCUT2D eigenvalue weighted by Gasteiger charge is 2.67. The van der Waals surface area contributed by atoms with E-state index in [4.69, 9.17) is 14.2 Å². The van der Waals surface area contributed by atoms with Crippen LogP contribution in [0.3, 0.4) is 0 Å². The van der Waals surface area contributed by atoms with Crippen LogP contribution in [0.4, 0.5) is 4.79 Å². The highest BCUT2D eigenvalue weighted by molar-refractivity contribution is 6.02. The fourth-order valence-corrected chi connectivity index (χ4v) is 3.84. The number of hydrogen-bond acceptors (Lipinski definition) is 11. The molecule has 14 nitrogen and oxygen atoms in total. The van der Waals surface area contributed by atoms with E-state index in [1.165, 1.54) is 7.05 Å². The van der Waals surface area contributed by atoms with Gasteiger partial charge in [-0.3, -0.25) is 9.79 Å². The van der Waals surface area contributed by atoms with E-state index in [1.54, 1.807) is 0 Å². The number of amides is 2. The van der Waals surface area contributed by atoms with Gasteiger partial charge >= 0.3 is 12.0 Å². The Morgan fingerprint density at radius 3 is 2.27 bits per heavy atom. The predicted molar refractivity (Wildman–Crippen MR) is 95.7 cm³/mol. The van der Waals surface area contributed by atoms with Crippen LogP contribution in [0.1, 0.15) is 6.92 Å². The quantitative estimate of drug-likeness (QED) is 0.183. The van der Waals surface area contributed by atoms with Crippen LogP contribution < -0.4 is 5.32 Å². The highest BCUT2D eigenvalue weighted by atomic mass is 16.6. The minimum absolute atomic E-state index is 0.0665. The average Bonchev–Trinajstić information content (AvgIpc) is 3.19. The molecule has 168 valence electrons. The van der Waals surface area contributed by atoms with Crippen molar-refractivity contribution in [2.24, 2.45) is 9.98 Å². The van der Waals surface area contributed by atoms with E-state index in [1.807, 2.05) is 0 Å². The third-order valence-electron chi connectivity index (χ3n) is 5.30. The topological polar surface area (TPSA) is 200 Å². The fourth-order valence-electron chi connectivity index (χ4n) is 3.84. The number of esters is 1. The zero-order chi connectivity index (χ0) is 22.2. The van der Waals surface area contributed by atoms with Crippen molar-refractivity contribution in [1.82, 2.24) is 5.32 Å². The largest absolute Gasteiger partial charge is 0.457 e. The normalized spacial score (nSPS) is 45.0. The summed E-state index contributed by atoms with van der Waals surface area (Å²) in [4.78, 5) is 32.3. The van der Waals surface area contributed by atoms with Crippen molar-refractivity contribution in [1.29, 1.82) is 0 Å². The zero-order valence-electron chi connectivity index (χ0n) is 16.2. The molecule has 2 saturated heterocycles. The van der Waals surface area contributed by atoms with E-state index in [0.29, 0.717) is 0 Å². The second-order valence-electron chi connectivity index (χ2n) is 7.10. The van der Waals surface area contributed by atoms with E-state index < -0.39 is 78.8 Å². The molecule has 0 aromatic rings. The standard InChI is InChI=1S/C16H24N4O10/c1-6(23)28-12-8(4-22)30-14(11(12)26)20(5-18-15(17-2)19-16(20)27)13-10(25)9(24)7(3-21)29-13/h5,7-14,21-22,24-26H,3-4H2,1-2H3/p+1/t7-,8-,9-,10-,11+,12-,13-,14-,20?/m1/s1. The van der Waals surface area contributed by atoms with Gasteiger partial charge in [0.25, 0.3) is 0 Å². The van der Waals surface area contributed by atoms with E-state index in [9.17, 15) is 35.1 Å². The molecule has 6 N–H and O–H groups in total. The Morgan fingerprint density at radius 2 is 1.77 bits per heavy atom. The molecule has 3 heterocycles. The van der Waals surface area contributed by atoms with Gasteiger partial charge in [0.2, 0.25) is 24.8 Å². The lowest BCUT2D eigenvalue weighted by molar-refractivity contribution is -0.865. The smallest absolute Gasteiger partial charge is 0.433 e. The average molecular weight is 433 g/mol. The van der Waals surface area contributed by atoms with Crippen LogP contribution in [0, 0.1) is 0 Å². The first-order chi connectivity index (χ1) is 14.2. The van der Waals surface area contributed by atoms with Crippen molar-refractivity contribution in [2.75, 3.05) is 20.3 Å². The van der Waals surface area contributed by atoms with E-state index in [0.717, 1.165) is 13.3 Å². The number of quaternary nitrogens is 1. The number of carbonyl (C=O) groups is 2. The van der Waals surface area contributed by atoms with Crippen molar-refractivity contribution in [3.63, 3.8) is 0 Å². The van der Waals surface area contributed by atoms with Crippen LogP contribution in [0.25, 0.3) is 0 Å². The molecule has 1 unspecified atom stereocenters. The lowest BCUT2D eigenvalue weighted by Crippen LogP contribution is -2.74. The van der Waals surface area contributed by atoms with Crippen molar-refractivity contribution in [3.05, 3.63) is 0 Å². The summed E-state index contributed by atoms with van der Waals surface area (Å²) < 4.78 is 15.1. The van der Waals surface area contributed by atoms with Gasteiger partial charge in [0.15, 0.2) is 18.3 Å². The summed E-state index contributed by atoms with van der Waals surface area (Å²) in [7, 11) is 1.37. The SMILES string of the molecule is CN=C1N=C[N+]([C@@H]2O[C@H](CO)[C@@H](O)[C@H]2O)([C@@H]2O[C@H](CO)[C@@H](OC(C)=O)[C@@H]2O)C(=O)N1. The first-order valence-electron chi connectivity index (χ1n) is 9.17. The maximum Gasteiger partial charge on any atom is 0.433 e. The van der Waals surface area contributed by atoms with Gasteiger partial charge in [0, 0.05) is 14.0 Å². The number of rotatable bonds is 5. The Hall–Kier alpha value is -2.04. The second kappa shape index (κ2) is 8.60. The number of aliphatic hydroxyl groups excluding tert-OH is 5. The van der Waals surface area contributed by atoms with Crippen LogP contribution in [0.5, 0.6) is 0 Å². The summed E-state index contributed by atoms with van der Waals surface area (Å²) >= 11 is 0. The summed E-state index contributed by atoms with van der Waals surface area (Å²) in [6.07, 6.45) is -10.7. The molecule has 2 fully saturated rings. The second-order valence-corrected chi connectivity index (χ2v) is 7.10. The van der Waals surface area contributed by atoms with Gasteiger partial charge in [-0.05, 0) is 0 Å². The van der Waals surface area contributed by atoms with Gasteiger partial charge in [-0.2, -0.15) is 4.99 Å².